The molecule has 0 aromatic rings. The van der Waals surface area contributed by atoms with Crippen LogP contribution in [0.5, 0.6) is 0 Å². The van der Waals surface area contributed by atoms with Crippen molar-refractivity contribution in [1.29, 1.82) is 0 Å². The molecule has 0 N–H and O–H groups in total. The summed E-state index contributed by atoms with van der Waals surface area (Å²) >= 11 is 0. The second kappa shape index (κ2) is 4.84. The molecule has 0 aromatic heterocycles. The Labute approximate surface area is 59.7 Å². The van der Waals surface area contributed by atoms with Crippen molar-refractivity contribution in [3.05, 3.63) is 12.8 Å². The average Bonchev–Trinajstić information content (AvgIpc) is 1.82. The van der Waals surface area contributed by atoms with Crippen LogP contribution in [0.25, 0.3) is 0 Å². The molecule has 0 aliphatic carbocycles. The molecule has 2 radical (unpaired) electrons. The number of hydrogen-bond acceptors (Lipinski definition) is 0. The van der Waals surface area contributed by atoms with E-state index in [4.69, 9.17) is 0 Å². The molecule has 0 bridgehead atoms. The fourth-order valence-corrected chi connectivity index (χ4v) is 1.10. The lowest BCUT2D eigenvalue weighted by Crippen LogP contribution is -2.03. The van der Waals surface area contributed by atoms with Crippen LogP contribution in [-0.4, -0.2) is 0 Å². The first-order valence-corrected chi connectivity index (χ1v) is 3.86. The van der Waals surface area contributed by atoms with Crippen molar-refractivity contribution < 1.29 is 0 Å². The van der Waals surface area contributed by atoms with Gasteiger partial charge in [-0.15, -0.1) is 0 Å². The van der Waals surface area contributed by atoms with Crippen LogP contribution in [0.4, 0.5) is 0 Å². The molecule has 0 aromatic carbocycles. The molecular weight excluding hydrogens is 108 g/mol. The summed E-state index contributed by atoms with van der Waals surface area (Å²) in [5.41, 5.74) is 0. The largest absolute Gasteiger partial charge is 0.0648 e. The van der Waals surface area contributed by atoms with E-state index in [0.717, 1.165) is 12.3 Å². The summed E-state index contributed by atoms with van der Waals surface area (Å²) in [5, 5.41) is 0. The van der Waals surface area contributed by atoms with Crippen molar-refractivity contribution in [2.24, 2.45) is 5.92 Å². The predicted octanol–water partition coefficient (Wildman–Crippen LogP) is 3.24. The van der Waals surface area contributed by atoms with Gasteiger partial charge in [-0.05, 0) is 24.7 Å². The van der Waals surface area contributed by atoms with E-state index in [1.54, 1.807) is 5.92 Å². The highest BCUT2D eigenvalue weighted by atomic mass is 14.1. The van der Waals surface area contributed by atoms with Gasteiger partial charge in [0, 0.05) is 0 Å². The van der Waals surface area contributed by atoms with Gasteiger partial charge in [-0.25, -0.2) is 0 Å². The second-order valence-corrected chi connectivity index (χ2v) is 2.77. The van der Waals surface area contributed by atoms with E-state index in [2.05, 4.69) is 27.7 Å². The minimum absolute atomic E-state index is 0.761. The SMILES string of the molecule is [CH2]CC[C](CC)C(C)C. The first-order chi connectivity index (χ1) is 4.22. The number of rotatable bonds is 4. The van der Waals surface area contributed by atoms with Gasteiger partial charge in [-0.1, -0.05) is 34.1 Å². The van der Waals surface area contributed by atoms with Crippen LogP contribution in [-0.2, 0) is 0 Å². The molecule has 0 atom stereocenters. The topological polar surface area (TPSA) is 0 Å². The van der Waals surface area contributed by atoms with Gasteiger partial charge in [-0.2, -0.15) is 0 Å². The summed E-state index contributed by atoms with van der Waals surface area (Å²) in [5.74, 6) is 2.42. The van der Waals surface area contributed by atoms with E-state index < -0.39 is 0 Å². The van der Waals surface area contributed by atoms with Crippen molar-refractivity contribution >= 4 is 0 Å². The minimum atomic E-state index is 0.761. The van der Waals surface area contributed by atoms with Gasteiger partial charge in [0.15, 0.2) is 0 Å². The van der Waals surface area contributed by atoms with Crippen molar-refractivity contribution in [2.45, 2.75) is 40.0 Å². The van der Waals surface area contributed by atoms with Crippen LogP contribution >= 0.6 is 0 Å². The predicted molar refractivity (Wildman–Crippen MR) is 43.0 cm³/mol. The van der Waals surface area contributed by atoms with Gasteiger partial charge in [0.1, 0.15) is 0 Å². The second-order valence-electron chi connectivity index (χ2n) is 2.77. The van der Waals surface area contributed by atoms with E-state index in [0.29, 0.717) is 0 Å². The van der Waals surface area contributed by atoms with Crippen molar-refractivity contribution in [3.63, 3.8) is 0 Å². The van der Waals surface area contributed by atoms with Crippen LogP contribution in [0.2, 0.25) is 0 Å². The Hall–Kier alpha value is 0. The third-order valence-corrected chi connectivity index (χ3v) is 1.77. The van der Waals surface area contributed by atoms with E-state index in [1.165, 1.54) is 12.8 Å². The lowest BCUT2D eigenvalue weighted by atomic mass is 9.89. The molecule has 0 heterocycles. The Morgan fingerprint density at radius 2 is 2.00 bits per heavy atom. The summed E-state index contributed by atoms with van der Waals surface area (Å²) < 4.78 is 0. The smallest absolute Gasteiger partial charge is 0.0218 e. The van der Waals surface area contributed by atoms with Gasteiger partial charge in [0.2, 0.25) is 0 Å². The molecule has 0 amide bonds. The zero-order chi connectivity index (χ0) is 7.28. The molecule has 0 spiro atoms. The first-order valence-electron chi connectivity index (χ1n) is 3.86. The molecule has 0 fully saturated rings. The molecule has 0 rings (SSSR count). The maximum Gasteiger partial charge on any atom is -0.0218 e. The average molecular weight is 126 g/mol. The Morgan fingerprint density at radius 1 is 1.44 bits per heavy atom. The molecule has 9 heavy (non-hydrogen) atoms. The third kappa shape index (κ3) is 3.56. The van der Waals surface area contributed by atoms with Gasteiger partial charge < -0.3 is 0 Å². The quantitative estimate of drug-likeness (QED) is 0.542. The standard InChI is InChI=1S/C9H18/c1-5-7-9(6-2)8(3)4/h8H,1,5-7H2,2-4H3. The van der Waals surface area contributed by atoms with E-state index in [9.17, 15) is 0 Å². The highest BCUT2D eigenvalue weighted by molar-refractivity contribution is 4.91. The molecule has 0 aliphatic rings. The summed E-state index contributed by atoms with van der Waals surface area (Å²) in [6.07, 6.45) is 3.50. The maximum atomic E-state index is 3.84. The molecule has 0 aliphatic heterocycles. The molecule has 0 heteroatoms. The van der Waals surface area contributed by atoms with Crippen LogP contribution < -0.4 is 0 Å². The molecule has 0 nitrogen and oxygen atoms in total. The zero-order valence-corrected chi connectivity index (χ0v) is 6.91. The van der Waals surface area contributed by atoms with Crippen LogP contribution in [0.1, 0.15) is 40.0 Å². The molecular formula is C9H18. The van der Waals surface area contributed by atoms with Crippen LogP contribution in [0, 0.1) is 18.8 Å². The van der Waals surface area contributed by atoms with E-state index >= 15 is 0 Å². The van der Waals surface area contributed by atoms with Crippen molar-refractivity contribution in [3.8, 4) is 0 Å². The Kier molecular flexibility index (Phi) is 4.84. The van der Waals surface area contributed by atoms with Crippen LogP contribution in [0.3, 0.4) is 0 Å². The van der Waals surface area contributed by atoms with Crippen LogP contribution in [0.15, 0.2) is 0 Å². The third-order valence-electron chi connectivity index (χ3n) is 1.77. The van der Waals surface area contributed by atoms with Gasteiger partial charge in [-0.3, -0.25) is 0 Å². The Bertz CT molecular complexity index is 55.1. The zero-order valence-electron chi connectivity index (χ0n) is 6.91. The first kappa shape index (κ1) is 9.00. The summed E-state index contributed by atoms with van der Waals surface area (Å²) in [7, 11) is 0. The maximum absolute atomic E-state index is 3.84. The molecule has 0 saturated heterocycles. The van der Waals surface area contributed by atoms with Gasteiger partial charge in [0.25, 0.3) is 0 Å². The lowest BCUT2D eigenvalue weighted by molar-refractivity contribution is 0.568. The minimum Gasteiger partial charge on any atom is -0.0648 e. The molecule has 0 saturated carbocycles. The Morgan fingerprint density at radius 3 is 2.11 bits per heavy atom. The fourth-order valence-electron chi connectivity index (χ4n) is 1.10. The summed E-state index contributed by atoms with van der Waals surface area (Å²) in [4.78, 5) is 0. The van der Waals surface area contributed by atoms with Crippen molar-refractivity contribution in [2.75, 3.05) is 0 Å². The highest BCUT2D eigenvalue weighted by Crippen LogP contribution is 2.22. The number of hydrogen-bond donors (Lipinski definition) is 0. The van der Waals surface area contributed by atoms with Gasteiger partial charge >= 0.3 is 0 Å². The van der Waals surface area contributed by atoms with E-state index in [1.807, 2.05) is 0 Å². The molecule has 0 unspecified atom stereocenters. The fraction of sp³-hybridized carbons (Fsp3) is 0.778. The van der Waals surface area contributed by atoms with Crippen molar-refractivity contribution in [1.82, 2.24) is 0 Å². The monoisotopic (exact) mass is 126 g/mol. The summed E-state index contributed by atoms with van der Waals surface area (Å²) in [6, 6.07) is 0. The summed E-state index contributed by atoms with van der Waals surface area (Å²) in [6.45, 7) is 10.6. The molecule has 54 valence electrons. The Balaban J connectivity index is 3.41. The van der Waals surface area contributed by atoms with Gasteiger partial charge in [0.05, 0.1) is 0 Å². The lowest BCUT2D eigenvalue weighted by Gasteiger charge is -2.16. The highest BCUT2D eigenvalue weighted by Gasteiger charge is 2.08. The normalized spacial score (nSPS) is 11.3. The van der Waals surface area contributed by atoms with E-state index in [-0.39, 0.29) is 0 Å².